The lowest BCUT2D eigenvalue weighted by Gasteiger charge is -2.08. The van der Waals surface area contributed by atoms with Crippen LogP contribution in [0, 0.1) is 0 Å². The second kappa shape index (κ2) is 5.83. The van der Waals surface area contributed by atoms with Crippen LogP contribution < -0.4 is 5.73 Å². The molecular weight excluding hydrogens is 312 g/mol. The maximum atomic E-state index is 11.6. The van der Waals surface area contributed by atoms with Gasteiger partial charge in [0.2, 0.25) is 5.91 Å². The average Bonchev–Trinajstić information content (AvgIpc) is 2.95. The predicted molar refractivity (Wildman–Crippen MR) is 98.5 cm³/mol. The first-order chi connectivity index (χ1) is 12.2. The molecule has 0 spiro atoms. The molecule has 0 atom stereocenters. The van der Waals surface area contributed by atoms with Gasteiger partial charge in [-0.25, -0.2) is 0 Å². The van der Waals surface area contributed by atoms with E-state index < -0.39 is 5.91 Å². The molecule has 0 saturated carbocycles. The van der Waals surface area contributed by atoms with Crippen LogP contribution in [0.25, 0.3) is 27.9 Å². The van der Waals surface area contributed by atoms with Crippen LogP contribution in [0.3, 0.4) is 0 Å². The minimum Gasteiger partial charge on any atom is -0.505 e. The molecule has 4 aromatic rings. The minimum atomic E-state index is -0.504. The van der Waals surface area contributed by atoms with Crippen molar-refractivity contribution in [1.82, 2.24) is 4.40 Å². The summed E-state index contributed by atoms with van der Waals surface area (Å²) in [6, 6.07) is 22.8. The lowest BCUT2D eigenvalue weighted by Crippen LogP contribution is -2.11. The monoisotopic (exact) mass is 328 g/mol. The van der Waals surface area contributed by atoms with E-state index in [9.17, 15) is 9.90 Å². The summed E-state index contributed by atoms with van der Waals surface area (Å²) in [4.78, 5) is 11.6. The van der Waals surface area contributed by atoms with Gasteiger partial charge in [-0.15, -0.1) is 0 Å². The molecule has 122 valence electrons. The van der Waals surface area contributed by atoms with E-state index >= 15 is 0 Å². The smallest absolute Gasteiger partial charge is 0.250 e. The van der Waals surface area contributed by atoms with Crippen LogP contribution in [0.5, 0.6) is 5.75 Å². The largest absolute Gasteiger partial charge is 0.505 e. The van der Waals surface area contributed by atoms with Gasteiger partial charge in [-0.1, -0.05) is 60.7 Å². The van der Waals surface area contributed by atoms with Gasteiger partial charge in [-0.3, -0.25) is 4.79 Å². The molecule has 0 aliphatic heterocycles. The van der Waals surface area contributed by atoms with Crippen LogP contribution in [0.4, 0.5) is 0 Å². The van der Waals surface area contributed by atoms with Crippen molar-refractivity contribution in [3.8, 4) is 28.1 Å². The number of primary amides is 1. The number of nitrogens with two attached hydrogens (primary N) is 1. The molecule has 2 aromatic carbocycles. The topological polar surface area (TPSA) is 67.7 Å². The maximum absolute atomic E-state index is 11.6. The zero-order chi connectivity index (χ0) is 17.4. The number of carbonyl (C=O) groups excluding carboxylic acids is 1. The van der Waals surface area contributed by atoms with E-state index in [1.807, 2.05) is 65.1 Å². The van der Waals surface area contributed by atoms with Gasteiger partial charge in [0.1, 0.15) is 5.75 Å². The lowest BCUT2D eigenvalue weighted by molar-refractivity contribution is 0.1000. The maximum Gasteiger partial charge on any atom is 0.250 e. The molecule has 0 aliphatic carbocycles. The van der Waals surface area contributed by atoms with Gasteiger partial charge < -0.3 is 15.2 Å². The highest BCUT2D eigenvalue weighted by Crippen LogP contribution is 2.43. The highest BCUT2D eigenvalue weighted by molar-refractivity contribution is 5.96. The van der Waals surface area contributed by atoms with E-state index in [0.717, 1.165) is 22.4 Å². The summed E-state index contributed by atoms with van der Waals surface area (Å²) in [7, 11) is 0. The van der Waals surface area contributed by atoms with Crippen LogP contribution in [0.1, 0.15) is 10.4 Å². The molecule has 2 heterocycles. The first-order valence-corrected chi connectivity index (χ1v) is 7.94. The normalized spacial score (nSPS) is 10.9. The molecule has 1 amide bonds. The number of fused-ring (bicyclic) bond motifs is 1. The molecule has 0 radical (unpaired) electrons. The Balaban J connectivity index is 2.13. The van der Waals surface area contributed by atoms with Crippen molar-refractivity contribution in [1.29, 1.82) is 0 Å². The highest BCUT2D eigenvalue weighted by Gasteiger charge is 2.21. The average molecular weight is 328 g/mol. The molecule has 4 rings (SSSR count). The molecule has 25 heavy (non-hydrogen) atoms. The number of benzene rings is 2. The number of nitrogens with zero attached hydrogens (tertiary/aromatic N) is 1. The Morgan fingerprint density at radius 1 is 0.840 bits per heavy atom. The van der Waals surface area contributed by atoms with Gasteiger partial charge in [-0.2, -0.15) is 0 Å². The van der Waals surface area contributed by atoms with Gasteiger partial charge >= 0.3 is 0 Å². The third-order valence-corrected chi connectivity index (χ3v) is 4.30. The third-order valence-electron chi connectivity index (χ3n) is 4.30. The fraction of sp³-hybridized carbons (Fsp3) is 0. The summed E-state index contributed by atoms with van der Waals surface area (Å²) in [5, 5.41) is 10.9. The van der Waals surface area contributed by atoms with Crippen LogP contribution in [0.2, 0.25) is 0 Å². The Bertz CT molecular complexity index is 1070. The molecule has 0 saturated heterocycles. The van der Waals surface area contributed by atoms with Gasteiger partial charge in [0.15, 0.2) is 0 Å². The number of rotatable bonds is 3. The van der Waals surface area contributed by atoms with Crippen LogP contribution >= 0.6 is 0 Å². The Kier molecular flexibility index (Phi) is 3.51. The quantitative estimate of drug-likeness (QED) is 0.595. The fourth-order valence-electron chi connectivity index (χ4n) is 3.14. The summed E-state index contributed by atoms with van der Waals surface area (Å²) in [6.45, 7) is 0. The standard InChI is InChI=1S/C21H16N2O2/c22-21(25)16-11-12-17-20(24)18(14-7-3-1-4-8-14)19(23(17)13-16)15-9-5-2-6-10-15/h1-13,24H,(H2,22,25). The van der Waals surface area contributed by atoms with Crippen LogP contribution in [-0.4, -0.2) is 15.4 Å². The van der Waals surface area contributed by atoms with Gasteiger partial charge in [0, 0.05) is 6.20 Å². The molecule has 4 nitrogen and oxygen atoms in total. The summed E-state index contributed by atoms with van der Waals surface area (Å²) in [5.74, 6) is -0.323. The molecule has 0 aliphatic rings. The Hall–Kier alpha value is -3.53. The zero-order valence-corrected chi connectivity index (χ0v) is 13.4. The highest BCUT2D eigenvalue weighted by atomic mass is 16.3. The van der Waals surface area contributed by atoms with Crippen LogP contribution in [-0.2, 0) is 0 Å². The van der Waals surface area contributed by atoms with E-state index in [1.54, 1.807) is 18.3 Å². The number of carbonyl (C=O) groups is 1. The van der Waals surface area contributed by atoms with E-state index in [-0.39, 0.29) is 5.75 Å². The van der Waals surface area contributed by atoms with Gasteiger partial charge in [0.05, 0.1) is 22.3 Å². The molecule has 2 aromatic heterocycles. The Labute approximate surface area is 144 Å². The number of pyridine rings is 1. The molecule has 4 heteroatoms. The second-order valence-electron chi connectivity index (χ2n) is 5.84. The lowest BCUT2D eigenvalue weighted by atomic mass is 10.0. The SMILES string of the molecule is NC(=O)c1ccc2c(O)c(-c3ccccc3)c(-c3ccccc3)n2c1. The van der Waals surface area contributed by atoms with Crippen LogP contribution in [0.15, 0.2) is 79.0 Å². The molecule has 0 bridgehead atoms. The van der Waals surface area contributed by atoms with E-state index in [0.29, 0.717) is 11.1 Å². The van der Waals surface area contributed by atoms with Crippen molar-refractivity contribution in [3.63, 3.8) is 0 Å². The third kappa shape index (κ3) is 2.44. The van der Waals surface area contributed by atoms with Crippen molar-refractivity contribution in [2.24, 2.45) is 5.73 Å². The summed E-state index contributed by atoms with van der Waals surface area (Å²) < 4.78 is 1.83. The number of amides is 1. The number of aromatic hydroxyl groups is 1. The number of hydrogen-bond acceptors (Lipinski definition) is 2. The van der Waals surface area contributed by atoms with E-state index in [4.69, 9.17) is 5.73 Å². The summed E-state index contributed by atoms with van der Waals surface area (Å²) in [6.07, 6.45) is 1.67. The van der Waals surface area contributed by atoms with Crippen molar-refractivity contribution in [2.75, 3.05) is 0 Å². The van der Waals surface area contributed by atoms with E-state index in [2.05, 4.69) is 0 Å². The van der Waals surface area contributed by atoms with Gasteiger partial charge in [-0.05, 0) is 23.3 Å². The Morgan fingerprint density at radius 2 is 1.44 bits per heavy atom. The van der Waals surface area contributed by atoms with Crippen molar-refractivity contribution >= 4 is 11.4 Å². The summed E-state index contributed by atoms with van der Waals surface area (Å²) >= 11 is 0. The first-order valence-electron chi connectivity index (χ1n) is 7.94. The Morgan fingerprint density at radius 3 is 2.04 bits per heavy atom. The molecular formula is C21H16N2O2. The van der Waals surface area contributed by atoms with Crippen molar-refractivity contribution in [2.45, 2.75) is 0 Å². The van der Waals surface area contributed by atoms with E-state index in [1.165, 1.54) is 0 Å². The van der Waals surface area contributed by atoms with Gasteiger partial charge in [0.25, 0.3) is 0 Å². The number of aromatic nitrogens is 1. The zero-order valence-electron chi connectivity index (χ0n) is 13.4. The summed E-state index contributed by atoms with van der Waals surface area (Å²) in [5.41, 5.74) is 9.85. The van der Waals surface area contributed by atoms with Crippen molar-refractivity contribution in [3.05, 3.63) is 84.6 Å². The second-order valence-corrected chi connectivity index (χ2v) is 5.84. The fourth-order valence-corrected chi connectivity index (χ4v) is 3.14. The molecule has 0 unspecified atom stereocenters. The predicted octanol–water partition coefficient (Wildman–Crippen LogP) is 4.08. The molecule has 0 fully saturated rings. The molecule has 3 N–H and O–H groups in total. The minimum absolute atomic E-state index is 0.182. The number of hydrogen-bond donors (Lipinski definition) is 2. The first kappa shape index (κ1) is 15.0. The van der Waals surface area contributed by atoms with Crippen molar-refractivity contribution < 1.29 is 9.90 Å².